The highest BCUT2D eigenvalue weighted by Crippen LogP contribution is 2.02. The third kappa shape index (κ3) is 1.93. The maximum atomic E-state index is 10.7. The molecule has 1 aliphatic heterocycles. The van der Waals surface area contributed by atoms with Crippen molar-refractivity contribution in [2.45, 2.75) is 13.8 Å². The quantitative estimate of drug-likeness (QED) is 0.483. The maximum Gasteiger partial charge on any atom is 0.326 e. The number of carbonyl (C=O) groups excluding carboxylic acids is 2. The predicted octanol–water partition coefficient (Wildman–Crippen LogP) is 0.536. The maximum absolute atomic E-state index is 10.7. The molecule has 0 aromatic carbocycles. The molecular formula is C7H14N2O2. The van der Waals surface area contributed by atoms with Gasteiger partial charge in [0.25, 0.3) is 0 Å². The van der Waals surface area contributed by atoms with Crippen LogP contribution >= 0.6 is 0 Å². The van der Waals surface area contributed by atoms with Crippen LogP contribution in [-0.2, 0) is 4.79 Å². The van der Waals surface area contributed by atoms with Gasteiger partial charge in [0.2, 0.25) is 5.91 Å². The minimum atomic E-state index is -0.222. The molecule has 0 unspecified atom stereocenters. The average molecular weight is 158 g/mol. The molecule has 0 N–H and O–H groups in total. The molecule has 0 aliphatic carbocycles. The van der Waals surface area contributed by atoms with E-state index in [1.165, 1.54) is 11.9 Å². The van der Waals surface area contributed by atoms with E-state index in [-0.39, 0.29) is 18.5 Å². The second-order valence-corrected chi connectivity index (χ2v) is 2.09. The summed E-state index contributed by atoms with van der Waals surface area (Å²) in [5.41, 5.74) is 0. The number of likely N-dealkylation sites (N-methyl/N-ethyl adjacent to an activating group) is 2. The van der Waals surface area contributed by atoms with Gasteiger partial charge < -0.3 is 4.90 Å². The largest absolute Gasteiger partial charge is 0.326 e. The summed E-state index contributed by atoms with van der Waals surface area (Å²) in [6.45, 7) is 4.22. The van der Waals surface area contributed by atoms with E-state index in [2.05, 4.69) is 0 Å². The van der Waals surface area contributed by atoms with Crippen molar-refractivity contribution in [1.82, 2.24) is 9.80 Å². The van der Waals surface area contributed by atoms with Crippen LogP contribution in [0.4, 0.5) is 4.79 Å². The van der Waals surface area contributed by atoms with E-state index in [1.807, 2.05) is 13.8 Å². The number of urea groups is 1. The lowest BCUT2D eigenvalue weighted by Crippen LogP contribution is -2.27. The number of rotatable bonds is 0. The normalized spacial score (nSPS) is 16.7. The van der Waals surface area contributed by atoms with E-state index in [9.17, 15) is 9.59 Å². The summed E-state index contributed by atoms with van der Waals surface area (Å²) in [5, 5.41) is 0. The number of hydrogen-bond donors (Lipinski definition) is 0. The van der Waals surface area contributed by atoms with Crippen molar-refractivity contribution in [2.24, 2.45) is 0 Å². The van der Waals surface area contributed by atoms with Crippen molar-refractivity contribution in [1.29, 1.82) is 0 Å². The van der Waals surface area contributed by atoms with Crippen LogP contribution in [0.15, 0.2) is 0 Å². The Kier molecular flexibility index (Phi) is 3.57. The molecule has 0 aromatic rings. The van der Waals surface area contributed by atoms with Crippen LogP contribution in [0.3, 0.4) is 0 Å². The third-order valence-electron chi connectivity index (χ3n) is 1.36. The summed E-state index contributed by atoms with van der Waals surface area (Å²) in [4.78, 5) is 23.9. The number of carbonyl (C=O) groups is 2. The molecule has 11 heavy (non-hydrogen) atoms. The number of amides is 3. The molecular weight excluding hydrogens is 144 g/mol. The van der Waals surface area contributed by atoms with Crippen LogP contribution in [0.5, 0.6) is 0 Å². The fourth-order valence-electron chi connectivity index (χ4n) is 0.739. The zero-order chi connectivity index (χ0) is 9.02. The monoisotopic (exact) mass is 158 g/mol. The van der Waals surface area contributed by atoms with Crippen molar-refractivity contribution in [3.05, 3.63) is 0 Å². The lowest BCUT2D eigenvalue weighted by molar-refractivity contribution is -0.124. The molecule has 0 bridgehead atoms. The van der Waals surface area contributed by atoms with E-state index < -0.39 is 0 Å². The standard InChI is InChI=1S/C5H8N2O2.C2H6/c1-6-3-4(8)7(2)5(6)9;1-2/h3H2,1-2H3;1-2H3. The highest BCUT2D eigenvalue weighted by Gasteiger charge is 2.29. The molecule has 3 amide bonds. The highest BCUT2D eigenvalue weighted by atomic mass is 16.2. The molecule has 4 heteroatoms. The van der Waals surface area contributed by atoms with E-state index >= 15 is 0 Å². The van der Waals surface area contributed by atoms with Crippen molar-refractivity contribution in [2.75, 3.05) is 20.6 Å². The lowest BCUT2D eigenvalue weighted by atomic mass is 10.6. The Morgan fingerprint density at radius 2 is 1.64 bits per heavy atom. The van der Waals surface area contributed by atoms with Gasteiger partial charge in [0.05, 0.1) is 0 Å². The summed E-state index contributed by atoms with van der Waals surface area (Å²) in [7, 11) is 3.08. The molecule has 1 rings (SSSR count). The van der Waals surface area contributed by atoms with Gasteiger partial charge in [-0.3, -0.25) is 9.69 Å². The first-order chi connectivity index (χ1) is 5.13. The molecule has 0 radical (unpaired) electrons. The zero-order valence-corrected chi connectivity index (χ0v) is 7.42. The van der Waals surface area contributed by atoms with E-state index in [0.717, 1.165) is 4.90 Å². The summed E-state index contributed by atoms with van der Waals surface area (Å²) >= 11 is 0. The van der Waals surface area contributed by atoms with Gasteiger partial charge in [-0.25, -0.2) is 4.79 Å². The second kappa shape index (κ2) is 3.95. The Balaban J connectivity index is 0.000000461. The Morgan fingerprint density at radius 1 is 1.18 bits per heavy atom. The zero-order valence-electron chi connectivity index (χ0n) is 7.42. The Hall–Kier alpha value is -1.06. The predicted molar refractivity (Wildman–Crippen MR) is 42.1 cm³/mol. The number of hydrogen-bond acceptors (Lipinski definition) is 2. The van der Waals surface area contributed by atoms with Gasteiger partial charge in [-0.2, -0.15) is 0 Å². The number of nitrogens with zero attached hydrogens (tertiary/aromatic N) is 2. The summed E-state index contributed by atoms with van der Waals surface area (Å²) in [6.07, 6.45) is 0. The molecule has 0 spiro atoms. The van der Waals surface area contributed by atoms with E-state index in [4.69, 9.17) is 0 Å². The van der Waals surface area contributed by atoms with E-state index in [1.54, 1.807) is 7.05 Å². The molecule has 0 saturated carbocycles. The van der Waals surface area contributed by atoms with Gasteiger partial charge in [0.15, 0.2) is 0 Å². The van der Waals surface area contributed by atoms with Gasteiger partial charge in [-0.15, -0.1) is 0 Å². The molecule has 0 aromatic heterocycles. The van der Waals surface area contributed by atoms with Crippen LogP contribution in [0.25, 0.3) is 0 Å². The highest BCUT2D eigenvalue weighted by molar-refractivity contribution is 6.01. The van der Waals surface area contributed by atoms with Crippen LogP contribution in [0.2, 0.25) is 0 Å². The summed E-state index contributed by atoms with van der Waals surface area (Å²) < 4.78 is 0. The van der Waals surface area contributed by atoms with Crippen LogP contribution in [-0.4, -0.2) is 42.4 Å². The Morgan fingerprint density at radius 3 is 1.73 bits per heavy atom. The topological polar surface area (TPSA) is 40.6 Å². The molecule has 1 heterocycles. The van der Waals surface area contributed by atoms with Crippen molar-refractivity contribution >= 4 is 11.9 Å². The van der Waals surface area contributed by atoms with Gasteiger partial charge in [0, 0.05) is 14.1 Å². The molecule has 0 atom stereocenters. The first-order valence-electron chi connectivity index (χ1n) is 3.64. The fraction of sp³-hybridized carbons (Fsp3) is 0.714. The van der Waals surface area contributed by atoms with Crippen molar-refractivity contribution < 1.29 is 9.59 Å². The average Bonchev–Trinajstić information content (AvgIpc) is 2.22. The molecule has 1 aliphatic rings. The van der Waals surface area contributed by atoms with E-state index in [0.29, 0.717) is 0 Å². The lowest BCUT2D eigenvalue weighted by Gasteiger charge is -2.05. The Bertz CT molecular complexity index is 168. The van der Waals surface area contributed by atoms with Gasteiger partial charge in [0.1, 0.15) is 6.54 Å². The van der Waals surface area contributed by atoms with Crippen LogP contribution < -0.4 is 0 Å². The minimum absolute atomic E-state index is 0.137. The van der Waals surface area contributed by atoms with Gasteiger partial charge in [-0.1, -0.05) is 13.8 Å². The van der Waals surface area contributed by atoms with Crippen molar-refractivity contribution in [3.63, 3.8) is 0 Å². The van der Waals surface area contributed by atoms with Gasteiger partial charge >= 0.3 is 6.03 Å². The van der Waals surface area contributed by atoms with Crippen LogP contribution in [0, 0.1) is 0 Å². The fourth-order valence-corrected chi connectivity index (χ4v) is 0.739. The summed E-state index contributed by atoms with van der Waals surface area (Å²) in [6, 6.07) is -0.222. The SMILES string of the molecule is CC.CN1CC(=O)N(C)C1=O. The van der Waals surface area contributed by atoms with Crippen molar-refractivity contribution in [3.8, 4) is 0 Å². The molecule has 1 saturated heterocycles. The third-order valence-corrected chi connectivity index (χ3v) is 1.36. The first-order valence-corrected chi connectivity index (χ1v) is 3.64. The van der Waals surface area contributed by atoms with Gasteiger partial charge in [-0.05, 0) is 0 Å². The molecule has 4 nitrogen and oxygen atoms in total. The number of imide groups is 1. The van der Waals surface area contributed by atoms with Crippen LogP contribution in [0.1, 0.15) is 13.8 Å². The minimum Gasteiger partial charge on any atom is -0.318 e. The summed E-state index contributed by atoms with van der Waals surface area (Å²) in [5.74, 6) is -0.137. The first kappa shape index (κ1) is 9.94. The molecule has 1 fully saturated rings. The Labute approximate surface area is 66.8 Å². The smallest absolute Gasteiger partial charge is 0.318 e. The second-order valence-electron chi connectivity index (χ2n) is 2.09. The molecule has 64 valence electrons.